The molecule has 35 heavy (non-hydrogen) atoms. The molecule has 0 aliphatic rings. The SMILES string of the molecule is CCN(C(=O)c1ccc(NC(=O)c2ccc(OCC(C)C)cc2)cc1)c1cccc2ccccc12. The number of rotatable bonds is 8. The van der Waals surface area contributed by atoms with Gasteiger partial charge in [-0.1, -0.05) is 50.2 Å². The number of hydrogen-bond acceptors (Lipinski definition) is 3. The van der Waals surface area contributed by atoms with Crippen molar-refractivity contribution in [1.82, 2.24) is 0 Å². The highest BCUT2D eigenvalue weighted by molar-refractivity contribution is 6.11. The summed E-state index contributed by atoms with van der Waals surface area (Å²) in [5.41, 5.74) is 2.60. The lowest BCUT2D eigenvalue weighted by Gasteiger charge is -2.23. The Morgan fingerprint density at radius 2 is 1.49 bits per heavy atom. The normalized spacial score (nSPS) is 10.9. The molecule has 5 heteroatoms. The summed E-state index contributed by atoms with van der Waals surface area (Å²) in [6, 6.07) is 28.1. The first-order valence-corrected chi connectivity index (χ1v) is 11.9. The predicted molar refractivity (Wildman–Crippen MR) is 142 cm³/mol. The first kappa shape index (κ1) is 24.0. The Bertz CT molecular complexity index is 1310. The fourth-order valence-electron chi connectivity index (χ4n) is 3.89. The van der Waals surface area contributed by atoms with Crippen molar-refractivity contribution in [3.05, 3.63) is 102 Å². The number of ether oxygens (including phenoxy) is 1. The van der Waals surface area contributed by atoms with Crippen molar-refractivity contribution in [3.63, 3.8) is 0 Å². The zero-order chi connectivity index (χ0) is 24.8. The molecule has 4 rings (SSSR count). The lowest BCUT2D eigenvalue weighted by molar-refractivity contribution is 0.0987. The number of anilines is 2. The molecule has 5 nitrogen and oxygen atoms in total. The lowest BCUT2D eigenvalue weighted by atomic mass is 10.1. The summed E-state index contributed by atoms with van der Waals surface area (Å²) in [7, 11) is 0. The van der Waals surface area contributed by atoms with Crippen LogP contribution in [0.15, 0.2) is 91.0 Å². The summed E-state index contributed by atoms with van der Waals surface area (Å²) < 4.78 is 5.67. The molecule has 0 saturated carbocycles. The van der Waals surface area contributed by atoms with Gasteiger partial charge >= 0.3 is 0 Å². The number of fused-ring (bicyclic) bond motifs is 1. The van der Waals surface area contributed by atoms with E-state index >= 15 is 0 Å². The molecule has 0 saturated heterocycles. The fourth-order valence-corrected chi connectivity index (χ4v) is 3.89. The highest BCUT2D eigenvalue weighted by Gasteiger charge is 2.18. The second-order valence-electron chi connectivity index (χ2n) is 8.81. The van der Waals surface area contributed by atoms with E-state index in [1.807, 2.05) is 49.4 Å². The number of nitrogens with one attached hydrogen (secondary N) is 1. The third kappa shape index (κ3) is 5.69. The molecule has 4 aromatic carbocycles. The maximum Gasteiger partial charge on any atom is 0.258 e. The van der Waals surface area contributed by atoms with E-state index in [2.05, 4.69) is 19.2 Å². The van der Waals surface area contributed by atoms with Crippen LogP contribution in [0, 0.1) is 5.92 Å². The highest BCUT2D eigenvalue weighted by Crippen LogP contribution is 2.28. The summed E-state index contributed by atoms with van der Waals surface area (Å²) in [6.07, 6.45) is 0. The van der Waals surface area contributed by atoms with Crippen LogP contribution in [-0.4, -0.2) is 25.0 Å². The Balaban J connectivity index is 1.45. The van der Waals surface area contributed by atoms with Gasteiger partial charge in [0.25, 0.3) is 11.8 Å². The smallest absolute Gasteiger partial charge is 0.258 e. The van der Waals surface area contributed by atoms with Crippen LogP contribution in [-0.2, 0) is 0 Å². The van der Waals surface area contributed by atoms with Crippen LogP contribution >= 0.6 is 0 Å². The molecule has 2 amide bonds. The first-order chi connectivity index (χ1) is 17.0. The van der Waals surface area contributed by atoms with Gasteiger partial charge in [-0.15, -0.1) is 0 Å². The van der Waals surface area contributed by atoms with Crippen LogP contribution in [0.4, 0.5) is 11.4 Å². The summed E-state index contributed by atoms with van der Waals surface area (Å²) in [5.74, 6) is 0.873. The van der Waals surface area contributed by atoms with Crippen molar-refractivity contribution >= 4 is 34.0 Å². The van der Waals surface area contributed by atoms with Gasteiger partial charge in [-0.2, -0.15) is 0 Å². The minimum Gasteiger partial charge on any atom is -0.493 e. The number of carbonyl (C=O) groups is 2. The molecule has 0 spiro atoms. The van der Waals surface area contributed by atoms with Gasteiger partial charge in [0.1, 0.15) is 5.75 Å². The second-order valence-corrected chi connectivity index (χ2v) is 8.81. The molecule has 0 aliphatic heterocycles. The molecule has 0 aromatic heterocycles. The third-order valence-electron chi connectivity index (χ3n) is 5.71. The standard InChI is InChI=1S/C30H30N2O3/c1-4-32(28-11-7-9-22-8-5-6-10-27(22)28)30(34)24-12-16-25(17-13-24)31-29(33)23-14-18-26(19-15-23)35-20-21(2)3/h5-19,21H,4,20H2,1-3H3,(H,31,33). The molecule has 4 aromatic rings. The summed E-state index contributed by atoms with van der Waals surface area (Å²) in [4.78, 5) is 27.8. The van der Waals surface area contributed by atoms with E-state index in [1.165, 1.54) is 0 Å². The zero-order valence-electron chi connectivity index (χ0n) is 20.3. The number of hydrogen-bond donors (Lipinski definition) is 1. The average molecular weight is 467 g/mol. The van der Waals surface area contributed by atoms with Gasteiger partial charge in [0.2, 0.25) is 0 Å². The summed E-state index contributed by atoms with van der Waals surface area (Å²) >= 11 is 0. The molecule has 0 heterocycles. The first-order valence-electron chi connectivity index (χ1n) is 11.9. The van der Waals surface area contributed by atoms with Gasteiger partial charge in [0.05, 0.1) is 12.3 Å². The molecular weight excluding hydrogens is 436 g/mol. The van der Waals surface area contributed by atoms with Gasteiger partial charge in [-0.25, -0.2) is 0 Å². The van der Waals surface area contributed by atoms with Crippen LogP contribution < -0.4 is 15.0 Å². The summed E-state index contributed by atoms with van der Waals surface area (Å²) in [6.45, 7) is 7.32. The summed E-state index contributed by atoms with van der Waals surface area (Å²) in [5, 5.41) is 5.02. The van der Waals surface area contributed by atoms with Gasteiger partial charge < -0.3 is 15.0 Å². The molecule has 0 fully saturated rings. The van der Waals surface area contributed by atoms with Gasteiger partial charge in [-0.05, 0) is 72.8 Å². The Hall–Kier alpha value is -4.12. The van der Waals surface area contributed by atoms with E-state index in [-0.39, 0.29) is 11.8 Å². The van der Waals surface area contributed by atoms with Crippen molar-refractivity contribution in [2.75, 3.05) is 23.4 Å². The molecule has 0 radical (unpaired) electrons. The maximum absolute atomic E-state index is 13.3. The van der Waals surface area contributed by atoms with Crippen molar-refractivity contribution in [2.24, 2.45) is 5.92 Å². The van der Waals surface area contributed by atoms with E-state index in [9.17, 15) is 9.59 Å². The molecule has 0 unspecified atom stereocenters. The number of benzene rings is 4. The number of amides is 2. The average Bonchev–Trinajstić information content (AvgIpc) is 2.88. The minimum atomic E-state index is -0.217. The largest absolute Gasteiger partial charge is 0.493 e. The number of carbonyl (C=O) groups excluding carboxylic acids is 2. The molecule has 0 bridgehead atoms. The third-order valence-corrected chi connectivity index (χ3v) is 5.71. The van der Waals surface area contributed by atoms with Gasteiger partial charge in [0, 0.05) is 28.7 Å². The molecule has 178 valence electrons. The Morgan fingerprint density at radius 1 is 0.829 bits per heavy atom. The molecule has 1 N–H and O–H groups in total. The van der Waals surface area contributed by atoms with Crippen molar-refractivity contribution in [1.29, 1.82) is 0 Å². The lowest BCUT2D eigenvalue weighted by Crippen LogP contribution is -2.30. The van der Waals surface area contributed by atoms with Gasteiger partial charge in [-0.3, -0.25) is 9.59 Å². The van der Waals surface area contributed by atoms with Crippen LogP contribution in [0.25, 0.3) is 10.8 Å². The van der Waals surface area contributed by atoms with Gasteiger partial charge in [0.15, 0.2) is 0 Å². The minimum absolute atomic E-state index is 0.0845. The van der Waals surface area contributed by atoms with Crippen LogP contribution in [0.1, 0.15) is 41.5 Å². The molecule has 0 atom stereocenters. The van der Waals surface area contributed by atoms with E-state index < -0.39 is 0 Å². The van der Waals surface area contributed by atoms with Crippen LogP contribution in [0.2, 0.25) is 0 Å². The van der Waals surface area contributed by atoms with Crippen LogP contribution in [0.5, 0.6) is 5.75 Å². The quantitative estimate of drug-likeness (QED) is 0.311. The van der Waals surface area contributed by atoms with Crippen molar-refractivity contribution in [3.8, 4) is 5.75 Å². The molecule has 0 aliphatic carbocycles. The maximum atomic E-state index is 13.3. The van der Waals surface area contributed by atoms with Crippen LogP contribution in [0.3, 0.4) is 0 Å². The van der Waals surface area contributed by atoms with Crippen molar-refractivity contribution in [2.45, 2.75) is 20.8 Å². The highest BCUT2D eigenvalue weighted by atomic mass is 16.5. The topological polar surface area (TPSA) is 58.6 Å². The predicted octanol–water partition coefficient (Wildman–Crippen LogP) is 6.79. The number of nitrogens with zero attached hydrogens (tertiary/aromatic N) is 1. The zero-order valence-corrected chi connectivity index (χ0v) is 20.3. The van der Waals surface area contributed by atoms with E-state index in [1.54, 1.807) is 53.4 Å². The second kappa shape index (κ2) is 10.9. The Labute approximate surface area is 206 Å². The Morgan fingerprint density at radius 3 is 2.17 bits per heavy atom. The fraction of sp³-hybridized carbons (Fsp3) is 0.200. The van der Waals surface area contributed by atoms with E-state index in [0.29, 0.717) is 35.9 Å². The van der Waals surface area contributed by atoms with E-state index in [0.717, 1.165) is 22.2 Å². The van der Waals surface area contributed by atoms with E-state index in [4.69, 9.17) is 4.74 Å². The Kier molecular flexibility index (Phi) is 7.46. The van der Waals surface area contributed by atoms with Crippen molar-refractivity contribution < 1.29 is 14.3 Å². The monoisotopic (exact) mass is 466 g/mol. The molecular formula is C30H30N2O3.